The number of anilines is 1. The predicted octanol–water partition coefficient (Wildman–Crippen LogP) is -1.96. The highest BCUT2D eigenvalue weighted by Gasteiger charge is 2.22. The van der Waals surface area contributed by atoms with E-state index in [9.17, 15) is 4.79 Å². The number of pyridine rings is 1. The van der Waals surface area contributed by atoms with Gasteiger partial charge in [-0.15, -0.1) is 0 Å². The van der Waals surface area contributed by atoms with Gasteiger partial charge in [0.25, 0.3) is 0 Å². The van der Waals surface area contributed by atoms with Crippen molar-refractivity contribution in [1.29, 1.82) is 0 Å². The highest BCUT2D eigenvalue weighted by atomic mass is 16.4. The van der Waals surface area contributed by atoms with Crippen LogP contribution in [-0.4, -0.2) is 33.2 Å². The summed E-state index contributed by atoms with van der Waals surface area (Å²) in [5, 5.41) is 26.2. The van der Waals surface area contributed by atoms with Gasteiger partial charge < -0.3 is 20.9 Å². The van der Waals surface area contributed by atoms with Gasteiger partial charge in [0.1, 0.15) is 11.4 Å². The van der Waals surface area contributed by atoms with Crippen LogP contribution >= 0.6 is 0 Å². The highest BCUT2D eigenvalue weighted by molar-refractivity contribution is 6.60. The molecule has 0 atom stereocenters. The molecule has 0 saturated carbocycles. The van der Waals surface area contributed by atoms with Gasteiger partial charge in [-0.2, -0.15) is 0 Å². The van der Waals surface area contributed by atoms with Crippen molar-refractivity contribution in [3.05, 3.63) is 17.8 Å². The monoisotopic (exact) mass is 182 g/mol. The van der Waals surface area contributed by atoms with Crippen LogP contribution in [-0.2, 0) is 0 Å². The van der Waals surface area contributed by atoms with Crippen molar-refractivity contribution in [2.45, 2.75) is 0 Å². The molecule has 0 radical (unpaired) electrons. The number of carboxylic acids is 1. The minimum atomic E-state index is -1.86. The Hall–Kier alpha value is -1.60. The summed E-state index contributed by atoms with van der Waals surface area (Å²) in [4.78, 5) is 14.1. The number of rotatable bonds is 2. The molecule has 1 aromatic heterocycles. The minimum Gasteiger partial charge on any atom is -0.478 e. The molecule has 5 N–H and O–H groups in total. The summed E-state index contributed by atoms with van der Waals surface area (Å²) >= 11 is 0. The molecule has 0 unspecified atom stereocenters. The maximum Gasteiger partial charge on any atom is 0.489 e. The fraction of sp³-hybridized carbons (Fsp3) is 0. The number of nitrogens with zero attached hydrogens (tertiary/aromatic N) is 1. The highest BCUT2D eigenvalue weighted by Crippen LogP contribution is 2.04. The van der Waals surface area contributed by atoms with E-state index >= 15 is 0 Å². The zero-order chi connectivity index (χ0) is 10.0. The van der Waals surface area contributed by atoms with Crippen molar-refractivity contribution in [1.82, 2.24) is 4.98 Å². The van der Waals surface area contributed by atoms with E-state index in [1.165, 1.54) is 12.3 Å². The predicted molar refractivity (Wildman–Crippen MR) is 45.4 cm³/mol. The van der Waals surface area contributed by atoms with Crippen LogP contribution in [0.2, 0.25) is 0 Å². The fourth-order valence-electron chi connectivity index (χ4n) is 0.942. The summed E-state index contributed by atoms with van der Waals surface area (Å²) in [5.41, 5.74) is 4.70. The van der Waals surface area contributed by atoms with Crippen molar-refractivity contribution in [2.75, 3.05) is 5.73 Å². The first-order valence-electron chi connectivity index (χ1n) is 3.38. The Morgan fingerprint density at radius 2 is 2.15 bits per heavy atom. The number of nitrogens with two attached hydrogens (primary N) is 1. The maximum atomic E-state index is 10.6. The number of carboxylic acid groups (broad SMARTS) is 1. The molecular formula is C6H7BN2O4. The van der Waals surface area contributed by atoms with E-state index < -0.39 is 13.1 Å². The minimum absolute atomic E-state index is 0.167. The molecule has 0 aromatic carbocycles. The van der Waals surface area contributed by atoms with Gasteiger partial charge in [0, 0.05) is 11.7 Å². The molecule has 6 nitrogen and oxygen atoms in total. The lowest BCUT2D eigenvalue weighted by Gasteiger charge is -2.05. The number of hydrogen-bond donors (Lipinski definition) is 4. The third-order valence-corrected chi connectivity index (χ3v) is 1.50. The smallest absolute Gasteiger partial charge is 0.478 e. The van der Waals surface area contributed by atoms with Gasteiger partial charge in [0.05, 0.1) is 0 Å². The van der Waals surface area contributed by atoms with E-state index in [-0.39, 0.29) is 16.8 Å². The number of nitrogen functional groups attached to an aromatic ring is 1. The second kappa shape index (κ2) is 3.42. The van der Waals surface area contributed by atoms with Crippen molar-refractivity contribution in [2.24, 2.45) is 0 Å². The number of carbonyl (C=O) groups is 1. The molecule has 1 heterocycles. The Morgan fingerprint density at radius 1 is 1.54 bits per heavy atom. The first-order valence-corrected chi connectivity index (χ1v) is 3.38. The second-order valence-corrected chi connectivity index (χ2v) is 2.34. The summed E-state index contributed by atoms with van der Waals surface area (Å²) in [6.45, 7) is 0. The van der Waals surface area contributed by atoms with E-state index in [0.717, 1.165) is 0 Å². The van der Waals surface area contributed by atoms with Gasteiger partial charge in [0.15, 0.2) is 0 Å². The van der Waals surface area contributed by atoms with Crippen molar-refractivity contribution in [3.63, 3.8) is 0 Å². The van der Waals surface area contributed by atoms with Crippen LogP contribution in [0.25, 0.3) is 0 Å². The zero-order valence-corrected chi connectivity index (χ0v) is 6.51. The lowest BCUT2D eigenvalue weighted by molar-refractivity contribution is 0.0698. The summed E-state index contributed by atoms with van der Waals surface area (Å²) in [6, 6.07) is 1.18. The third-order valence-electron chi connectivity index (χ3n) is 1.50. The van der Waals surface area contributed by atoms with Crippen LogP contribution < -0.4 is 11.2 Å². The van der Waals surface area contributed by atoms with E-state index in [0.29, 0.717) is 0 Å². The van der Waals surface area contributed by atoms with Gasteiger partial charge in [0.2, 0.25) is 0 Å². The second-order valence-electron chi connectivity index (χ2n) is 2.34. The largest absolute Gasteiger partial charge is 0.489 e. The van der Waals surface area contributed by atoms with Gasteiger partial charge in [-0.05, 0) is 6.07 Å². The van der Waals surface area contributed by atoms with Gasteiger partial charge in [-0.3, -0.25) is 0 Å². The molecule has 13 heavy (non-hydrogen) atoms. The number of aromatic carboxylic acids is 1. The van der Waals surface area contributed by atoms with Crippen LogP contribution in [0.5, 0.6) is 0 Å². The number of aromatic nitrogens is 1. The van der Waals surface area contributed by atoms with Crippen molar-refractivity contribution < 1.29 is 19.9 Å². The zero-order valence-electron chi connectivity index (χ0n) is 6.51. The molecule has 0 saturated heterocycles. The van der Waals surface area contributed by atoms with Crippen LogP contribution in [0.4, 0.5) is 5.82 Å². The molecule has 1 aromatic rings. The normalized spacial score (nSPS) is 9.69. The summed E-state index contributed by atoms with van der Waals surface area (Å²) in [5.74, 6) is -1.58. The quantitative estimate of drug-likeness (QED) is 0.394. The van der Waals surface area contributed by atoms with Crippen molar-refractivity contribution >= 4 is 24.4 Å². The van der Waals surface area contributed by atoms with E-state index in [1.54, 1.807) is 0 Å². The average molecular weight is 182 g/mol. The first kappa shape index (κ1) is 9.49. The maximum absolute atomic E-state index is 10.6. The van der Waals surface area contributed by atoms with Crippen molar-refractivity contribution in [3.8, 4) is 0 Å². The summed E-state index contributed by atoms with van der Waals surface area (Å²) < 4.78 is 0. The molecule has 0 fully saturated rings. The molecule has 0 amide bonds. The molecular weight excluding hydrogens is 175 g/mol. The van der Waals surface area contributed by atoms with Crippen LogP contribution in [0.15, 0.2) is 12.3 Å². The Balaban J connectivity index is 3.34. The van der Waals surface area contributed by atoms with E-state index in [2.05, 4.69) is 4.98 Å². The lowest BCUT2D eigenvalue weighted by Crippen LogP contribution is -2.35. The van der Waals surface area contributed by atoms with Gasteiger partial charge in [-0.25, -0.2) is 9.78 Å². The van der Waals surface area contributed by atoms with E-state index in [4.69, 9.17) is 20.9 Å². The Kier molecular flexibility index (Phi) is 2.50. The van der Waals surface area contributed by atoms with Crippen LogP contribution in [0, 0.1) is 0 Å². The average Bonchev–Trinajstić information content (AvgIpc) is 2.02. The fourth-order valence-corrected chi connectivity index (χ4v) is 0.942. The molecule has 1 rings (SSSR count). The molecule has 0 aliphatic carbocycles. The molecule has 7 heteroatoms. The number of hydrogen-bond acceptors (Lipinski definition) is 5. The SMILES string of the molecule is Nc1nccc(B(O)O)c1C(=O)O. The van der Waals surface area contributed by atoms with Crippen LogP contribution in [0.3, 0.4) is 0 Å². The first-order chi connectivity index (χ1) is 6.04. The Morgan fingerprint density at radius 3 is 2.54 bits per heavy atom. The van der Waals surface area contributed by atoms with E-state index in [1.807, 2.05) is 0 Å². The lowest BCUT2D eigenvalue weighted by atomic mass is 9.77. The molecule has 0 aliphatic heterocycles. The topological polar surface area (TPSA) is 117 Å². The molecule has 68 valence electrons. The Labute approximate surface area is 73.8 Å². The molecule has 0 aliphatic rings. The van der Waals surface area contributed by atoms with Gasteiger partial charge in [-0.1, -0.05) is 0 Å². The molecule has 0 bridgehead atoms. The third kappa shape index (κ3) is 1.77. The van der Waals surface area contributed by atoms with Crippen LogP contribution in [0.1, 0.15) is 10.4 Å². The summed E-state index contributed by atoms with van der Waals surface area (Å²) in [6.07, 6.45) is 1.20. The van der Waals surface area contributed by atoms with Gasteiger partial charge >= 0.3 is 13.1 Å². The Bertz CT molecular complexity index is 341. The molecule has 0 spiro atoms. The summed E-state index contributed by atoms with van der Waals surface area (Å²) in [7, 11) is -1.86. The standard InChI is InChI=1S/C6H7BN2O4/c8-5-4(6(10)11)3(7(12)13)1-2-9-5/h1-2,12-13H,(H2,8,9)(H,10,11).